The summed E-state index contributed by atoms with van der Waals surface area (Å²) in [5.74, 6) is 0.920. The first kappa shape index (κ1) is 20.8. The van der Waals surface area contributed by atoms with Gasteiger partial charge in [-0.2, -0.15) is 0 Å². The third-order valence-corrected chi connectivity index (χ3v) is 5.61. The van der Waals surface area contributed by atoms with E-state index in [-0.39, 0.29) is 18.0 Å². The molecule has 11 nitrogen and oxygen atoms in total. The highest BCUT2D eigenvalue weighted by Crippen LogP contribution is 2.26. The molecule has 33 heavy (non-hydrogen) atoms. The number of pyridine rings is 1. The molecule has 0 aliphatic heterocycles. The maximum absolute atomic E-state index is 13.0. The lowest BCUT2D eigenvalue weighted by Gasteiger charge is -2.27. The summed E-state index contributed by atoms with van der Waals surface area (Å²) in [6.07, 6.45) is 11.7. The molecule has 4 heterocycles. The Bertz CT molecular complexity index is 1240. The van der Waals surface area contributed by atoms with Crippen LogP contribution in [-0.4, -0.2) is 47.5 Å². The average Bonchev–Trinajstić information content (AvgIpc) is 3.26. The Morgan fingerprint density at radius 2 is 1.79 bits per heavy atom. The quantitative estimate of drug-likeness (QED) is 0.352. The van der Waals surface area contributed by atoms with E-state index in [0.29, 0.717) is 34.4 Å². The Morgan fingerprint density at radius 1 is 1.00 bits per heavy atom. The summed E-state index contributed by atoms with van der Waals surface area (Å²) in [7, 11) is 0. The first-order valence-electron chi connectivity index (χ1n) is 10.8. The Kier molecular flexibility index (Phi) is 5.77. The summed E-state index contributed by atoms with van der Waals surface area (Å²) in [5.41, 5.74) is 8.17. The molecule has 0 spiro atoms. The van der Waals surface area contributed by atoms with E-state index < -0.39 is 0 Å². The Hall–Kier alpha value is -4.12. The molecular formula is C22H24N10O. The van der Waals surface area contributed by atoms with Crippen LogP contribution in [0.4, 0.5) is 23.0 Å². The summed E-state index contributed by atoms with van der Waals surface area (Å²) in [6.45, 7) is 0. The fourth-order valence-corrected chi connectivity index (χ4v) is 3.89. The zero-order valence-corrected chi connectivity index (χ0v) is 17.8. The topological polar surface area (TPSA) is 148 Å². The van der Waals surface area contributed by atoms with E-state index in [4.69, 9.17) is 5.73 Å². The summed E-state index contributed by atoms with van der Waals surface area (Å²) in [6, 6.07) is 7.59. The number of anilines is 4. The van der Waals surface area contributed by atoms with Gasteiger partial charge in [-0.1, -0.05) is 0 Å². The molecule has 168 valence electrons. The second-order valence-electron chi connectivity index (χ2n) is 7.99. The van der Waals surface area contributed by atoms with Gasteiger partial charge in [-0.3, -0.25) is 9.78 Å². The molecule has 1 saturated carbocycles. The number of nitrogens with one attached hydrogen (secondary N) is 3. The van der Waals surface area contributed by atoms with Gasteiger partial charge in [0.15, 0.2) is 11.3 Å². The maximum atomic E-state index is 13.0. The third kappa shape index (κ3) is 4.72. The standard InChI is InChI=1S/C22H24N10O/c23-14-1-3-15(4-2-14)28-20-11-17(30-19-7-10-25-13-27-19)21-26-12-18(32(21)31-20)22(33)29-16-5-8-24-9-6-16/h5-15H,1-4,23H2,(H,28,31)(H,24,29,33)(H,25,27,30). The third-order valence-electron chi connectivity index (χ3n) is 5.61. The second-order valence-corrected chi connectivity index (χ2v) is 7.99. The Balaban J connectivity index is 1.49. The number of hydrogen-bond acceptors (Lipinski definition) is 9. The van der Waals surface area contributed by atoms with Crippen LogP contribution in [0.2, 0.25) is 0 Å². The van der Waals surface area contributed by atoms with Crippen molar-refractivity contribution in [3.63, 3.8) is 0 Å². The largest absolute Gasteiger partial charge is 0.366 e. The van der Waals surface area contributed by atoms with Crippen molar-refractivity contribution in [1.82, 2.24) is 29.5 Å². The number of carbonyl (C=O) groups excluding carboxylic acids is 1. The van der Waals surface area contributed by atoms with Crippen LogP contribution in [0.15, 0.2) is 55.4 Å². The number of hydrogen-bond donors (Lipinski definition) is 4. The predicted molar refractivity (Wildman–Crippen MR) is 124 cm³/mol. The SMILES string of the molecule is NC1CCC(Nc2cc(Nc3ccncn3)c3ncc(C(=O)Nc4ccncc4)n3n2)CC1. The van der Waals surface area contributed by atoms with Gasteiger partial charge in [0, 0.05) is 42.4 Å². The van der Waals surface area contributed by atoms with E-state index in [1.807, 2.05) is 6.07 Å². The number of rotatable bonds is 6. The first-order chi connectivity index (χ1) is 16.2. The molecular weight excluding hydrogens is 420 g/mol. The molecule has 1 aliphatic rings. The fraction of sp³-hybridized carbons (Fsp3) is 0.273. The van der Waals surface area contributed by atoms with Crippen LogP contribution >= 0.6 is 0 Å². The van der Waals surface area contributed by atoms with Crippen molar-refractivity contribution in [1.29, 1.82) is 0 Å². The summed E-state index contributed by atoms with van der Waals surface area (Å²) in [4.78, 5) is 29.6. The monoisotopic (exact) mass is 444 g/mol. The highest BCUT2D eigenvalue weighted by molar-refractivity contribution is 6.03. The zero-order valence-electron chi connectivity index (χ0n) is 17.8. The Labute approximate surface area is 189 Å². The van der Waals surface area contributed by atoms with Crippen LogP contribution in [0.5, 0.6) is 0 Å². The lowest BCUT2D eigenvalue weighted by molar-refractivity contribution is 0.102. The van der Waals surface area contributed by atoms with Gasteiger partial charge in [0.2, 0.25) is 0 Å². The van der Waals surface area contributed by atoms with Crippen molar-refractivity contribution in [3.05, 3.63) is 61.1 Å². The predicted octanol–water partition coefficient (Wildman–Crippen LogP) is 2.59. The molecule has 0 radical (unpaired) electrons. The van der Waals surface area contributed by atoms with Crippen LogP contribution < -0.4 is 21.7 Å². The van der Waals surface area contributed by atoms with E-state index in [1.54, 1.807) is 36.8 Å². The minimum Gasteiger partial charge on any atom is -0.366 e. The molecule has 0 unspecified atom stereocenters. The van der Waals surface area contributed by atoms with Crippen molar-refractivity contribution in [3.8, 4) is 0 Å². The number of amides is 1. The smallest absolute Gasteiger partial charge is 0.276 e. The van der Waals surface area contributed by atoms with Crippen molar-refractivity contribution >= 4 is 34.6 Å². The van der Waals surface area contributed by atoms with Gasteiger partial charge < -0.3 is 21.7 Å². The van der Waals surface area contributed by atoms with Crippen LogP contribution in [0.1, 0.15) is 36.2 Å². The lowest BCUT2D eigenvalue weighted by Crippen LogP contribution is -2.33. The van der Waals surface area contributed by atoms with E-state index in [9.17, 15) is 4.79 Å². The maximum Gasteiger partial charge on any atom is 0.276 e. The number of aromatic nitrogens is 6. The fourth-order valence-electron chi connectivity index (χ4n) is 3.89. The molecule has 1 fully saturated rings. The molecule has 0 bridgehead atoms. The van der Waals surface area contributed by atoms with Crippen molar-refractivity contribution in [2.45, 2.75) is 37.8 Å². The Morgan fingerprint density at radius 3 is 2.55 bits per heavy atom. The minimum absolute atomic E-state index is 0.255. The van der Waals surface area contributed by atoms with Crippen LogP contribution in [0.3, 0.4) is 0 Å². The van der Waals surface area contributed by atoms with Crippen molar-refractivity contribution in [2.75, 3.05) is 16.0 Å². The van der Waals surface area contributed by atoms with Gasteiger partial charge in [-0.15, -0.1) is 5.10 Å². The van der Waals surface area contributed by atoms with Crippen LogP contribution in [-0.2, 0) is 0 Å². The van der Waals surface area contributed by atoms with Gasteiger partial charge in [0.1, 0.15) is 18.0 Å². The van der Waals surface area contributed by atoms with Gasteiger partial charge in [-0.05, 0) is 43.9 Å². The van der Waals surface area contributed by atoms with E-state index in [0.717, 1.165) is 25.7 Å². The number of imidazole rings is 1. The first-order valence-corrected chi connectivity index (χ1v) is 10.8. The molecule has 0 saturated heterocycles. The number of nitrogens with zero attached hydrogens (tertiary/aromatic N) is 6. The van der Waals surface area contributed by atoms with E-state index >= 15 is 0 Å². The molecule has 5 rings (SSSR count). The highest BCUT2D eigenvalue weighted by atomic mass is 16.2. The molecule has 5 N–H and O–H groups in total. The molecule has 4 aromatic rings. The zero-order chi connectivity index (χ0) is 22.6. The number of carbonyl (C=O) groups is 1. The van der Waals surface area contributed by atoms with Gasteiger partial charge >= 0.3 is 0 Å². The van der Waals surface area contributed by atoms with E-state index in [1.165, 1.54) is 17.0 Å². The molecule has 11 heteroatoms. The second kappa shape index (κ2) is 9.17. The highest BCUT2D eigenvalue weighted by Gasteiger charge is 2.21. The minimum atomic E-state index is -0.324. The summed E-state index contributed by atoms with van der Waals surface area (Å²) in [5, 5.41) is 14.3. The van der Waals surface area contributed by atoms with Gasteiger partial charge in [-0.25, -0.2) is 19.5 Å². The summed E-state index contributed by atoms with van der Waals surface area (Å²) >= 11 is 0. The van der Waals surface area contributed by atoms with Crippen molar-refractivity contribution < 1.29 is 4.79 Å². The number of nitrogens with two attached hydrogens (primary N) is 1. The van der Waals surface area contributed by atoms with Crippen LogP contribution in [0.25, 0.3) is 5.65 Å². The number of fused-ring (bicyclic) bond motifs is 1. The van der Waals surface area contributed by atoms with Crippen LogP contribution in [0, 0.1) is 0 Å². The average molecular weight is 445 g/mol. The lowest BCUT2D eigenvalue weighted by atomic mass is 9.92. The molecule has 4 aromatic heterocycles. The van der Waals surface area contributed by atoms with Gasteiger partial charge in [0.05, 0.1) is 11.9 Å². The summed E-state index contributed by atoms with van der Waals surface area (Å²) < 4.78 is 1.54. The molecule has 0 aromatic carbocycles. The van der Waals surface area contributed by atoms with E-state index in [2.05, 4.69) is 41.0 Å². The van der Waals surface area contributed by atoms with Crippen molar-refractivity contribution in [2.24, 2.45) is 5.73 Å². The van der Waals surface area contributed by atoms with Gasteiger partial charge in [0.25, 0.3) is 5.91 Å². The normalized spacial score (nSPS) is 18.1. The molecule has 0 atom stereocenters. The molecule has 1 amide bonds. The molecule has 1 aliphatic carbocycles.